The lowest BCUT2D eigenvalue weighted by atomic mass is 10.1. The van der Waals surface area contributed by atoms with Crippen molar-refractivity contribution in [2.45, 2.75) is 6.42 Å². The minimum atomic E-state index is -1.05. The van der Waals surface area contributed by atoms with Crippen LogP contribution in [0.4, 0.5) is 0 Å². The Hall–Kier alpha value is -1.66. The number of carbonyl (C=O) groups is 1. The maximum Gasteiger partial charge on any atom is 0.335 e. The maximum absolute atomic E-state index is 10.6. The first-order valence-electron chi connectivity index (χ1n) is 4.26. The van der Waals surface area contributed by atoms with Gasteiger partial charge in [-0.25, -0.2) is 4.79 Å². The number of halogens is 1. The predicted octanol–water partition coefficient (Wildman–Crippen LogP) is 2.07. The third kappa shape index (κ3) is 3.19. The highest BCUT2D eigenvalue weighted by atomic mass is 35.5. The van der Waals surface area contributed by atoms with Crippen LogP contribution in [0.25, 0.3) is 0 Å². The Morgan fingerprint density at radius 2 is 2.20 bits per heavy atom. The fraction of sp³-hybridized carbons (Fsp3) is 0.182. The Morgan fingerprint density at radius 1 is 1.47 bits per heavy atom. The number of aromatic hydroxyl groups is 1. The second-order valence-electron chi connectivity index (χ2n) is 2.78. The molecule has 1 aromatic carbocycles. The van der Waals surface area contributed by atoms with Crippen LogP contribution in [0.1, 0.15) is 22.3 Å². The summed E-state index contributed by atoms with van der Waals surface area (Å²) in [4.78, 5) is 10.6. The van der Waals surface area contributed by atoms with Crippen molar-refractivity contribution in [2.75, 3.05) is 5.88 Å². The lowest BCUT2D eigenvalue weighted by molar-refractivity contribution is 0.0697. The predicted molar refractivity (Wildman–Crippen MR) is 57.3 cm³/mol. The lowest BCUT2D eigenvalue weighted by Crippen LogP contribution is -1.96. The number of hydrogen-bond acceptors (Lipinski definition) is 2. The summed E-state index contributed by atoms with van der Waals surface area (Å²) in [6.45, 7) is 0. The summed E-state index contributed by atoms with van der Waals surface area (Å²) in [7, 11) is 0. The van der Waals surface area contributed by atoms with Gasteiger partial charge in [-0.15, -0.1) is 11.6 Å². The third-order valence-electron chi connectivity index (χ3n) is 1.69. The van der Waals surface area contributed by atoms with Gasteiger partial charge in [-0.3, -0.25) is 0 Å². The van der Waals surface area contributed by atoms with Gasteiger partial charge in [0.2, 0.25) is 0 Å². The largest absolute Gasteiger partial charge is 0.507 e. The van der Waals surface area contributed by atoms with Crippen molar-refractivity contribution in [3.05, 3.63) is 29.3 Å². The molecule has 2 N–H and O–H groups in total. The van der Waals surface area contributed by atoms with Crippen LogP contribution in [0.2, 0.25) is 0 Å². The van der Waals surface area contributed by atoms with Gasteiger partial charge in [0.1, 0.15) is 5.75 Å². The molecular formula is C11H9ClO3. The molecule has 0 aliphatic heterocycles. The second-order valence-corrected chi connectivity index (χ2v) is 3.16. The third-order valence-corrected chi connectivity index (χ3v) is 1.88. The number of carboxylic acids is 1. The van der Waals surface area contributed by atoms with Gasteiger partial charge in [0.15, 0.2) is 0 Å². The molecule has 0 atom stereocenters. The summed E-state index contributed by atoms with van der Waals surface area (Å²) >= 11 is 5.43. The first-order chi connectivity index (χ1) is 7.15. The standard InChI is InChI=1S/C11H9ClO3/c12-6-2-1-3-8-7-9(11(14)15)4-5-10(8)13/h4-5,7,13H,2,6H2,(H,14,15). The lowest BCUT2D eigenvalue weighted by Gasteiger charge is -1.98. The number of benzene rings is 1. The number of alkyl halides is 1. The average molecular weight is 225 g/mol. The highest BCUT2D eigenvalue weighted by molar-refractivity contribution is 6.18. The maximum atomic E-state index is 10.6. The number of phenolic OH excluding ortho intramolecular Hbond substituents is 1. The van der Waals surface area contributed by atoms with Crippen LogP contribution in [0, 0.1) is 11.8 Å². The van der Waals surface area contributed by atoms with Gasteiger partial charge in [0.25, 0.3) is 0 Å². The van der Waals surface area contributed by atoms with E-state index in [4.69, 9.17) is 16.7 Å². The summed E-state index contributed by atoms with van der Waals surface area (Å²) in [6.07, 6.45) is 0.498. The number of rotatable bonds is 2. The van der Waals surface area contributed by atoms with E-state index in [1.165, 1.54) is 18.2 Å². The zero-order valence-corrected chi connectivity index (χ0v) is 8.58. The van der Waals surface area contributed by atoms with Crippen molar-refractivity contribution in [3.8, 4) is 17.6 Å². The molecule has 0 saturated carbocycles. The Bertz CT molecular complexity index is 429. The van der Waals surface area contributed by atoms with Crippen LogP contribution in [-0.2, 0) is 0 Å². The molecule has 0 bridgehead atoms. The van der Waals surface area contributed by atoms with Gasteiger partial charge in [0.05, 0.1) is 11.1 Å². The summed E-state index contributed by atoms with van der Waals surface area (Å²) in [5.41, 5.74) is 0.406. The molecule has 15 heavy (non-hydrogen) atoms. The number of phenols is 1. The highest BCUT2D eigenvalue weighted by Crippen LogP contribution is 2.17. The SMILES string of the molecule is O=C(O)c1ccc(O)c(C#CCCCl)c1. The average Bonchev–Trinajstić information content (AvgIpc) is 2.20. The molecule has 0 fully saturated rings. The normalized spacial score (nSPS) is 9.13. The first kappa shape index (κ1) is 11.4. The van der Waals surface area contributed by atoms with E-state index in [2.05, 4.69) is 11.8 Å². The smallest absolute Gasteiger partial charge is 0.335 e. The van der Waals surface area contributed by atoms with Gasteiger partial charge in [-0.1, -0.05) is 11.8 Å². The monoisotopic (exact) mass is 224 g/mol. The van der Waals surface area contributed by atoms with Crippen molar-refractivity contribution >= 4 is 17.6 Å². The van der Waals surface area contributed by atoms with E-state index in [0.717, 1.165) is 0 Å². The summed E-state index contributed by atoms with van der Waals surface area (Å²) in [5.74, 6) is 4.72. The van der Waals surface area contributed by atoms with Crippen molar-refractivity contribution in [1.29, 1.82) is 0 Å². The van der Waals surface area contributed by atoms with Gasteiger partial charge in [-0.05, 0) is 18.2 Å². The number of hydrogen-bond donors (Lipinski definition) is 2. The fourth-order valence-electron chi connectivity index (χ4n) is 0.974. The van der Waals surface area contributed by atoms with Crippen LogP contribution in [0.3, 0.4) is 0 Å². The molecule has 0 aliphatic carbocycles. The summed E-state index contributed by atoms with van der Waals surface area (Å²) < 4.78 is 0. The minimum absolute atomic E-state index is 0.0259. The van der Waals surface area contributed by atoms with E-state index in [0.29, 0.717) is 17.9 Å². The van der Waals surface area contributed by atoms with Gasteiger partial charge < -0.3 is 10.2 Å². The molecule has 1 rings (SSSR count). The minimum Gasteiger partial charge on any atom is -0.507 e. The van der Waals surface area contributed by atoms with Crippen molar-refractivity contribution in [3.63, 3.8) is 0 Å². The molecule has 0 unspecified atom stereocenters. The van der Waals surface area contributed by atoms with Gasteiger partial charge in [-0.2, -0.15) is 0 Å². The van der Waals surface area contributed by atoms with Crippen molar-refractivity contribution in [1.82, 2.24) is 0 Å². The van der Waals surface area contributed by atoms with E-state index < -0.39 is 5.97 Å². The molecule has 0 aromatic heterocycles. The van der Waals surface area contributed by atoms with E-state index in [1.54, 1.807) is 0 Å². The first-order valence-corrected chi connectivity index (χ1v) is 4.79. The van der Waals surface area contributed by atoms with Crippen LogP contribution >= 0.6 is 11.6 Å². The Balaban J connectivity index is 3.02. The molecular weight excluding hydrogens is 216 g/mol. The molecule has 0 amide bonds. The van der Waals surface area contributed by atoms with E-state index in [1.807, 2.05) is 0 Å². The van der Waals surface area contributed by atoms with Crippen molar-refractivity contribution in [2.24, 2.45) is 0 Å². The van der Waals surface area contributed by atoms with Gasteiger partial charge in [0, 0.05) is 12.3 Å². The van der Waals surface area contributed by atoms with Crippen LogP contribution in [-0.4, -0.2) is 22.1 Å². The van der Waals surface area contributed by atoms with Crippen molar-refractivity contribution < 1.29 is 15.0 Å². The Morgan fingerprint density at radius 3 is 2.80 bits per heavy atom. The summed E-state index contributed by atoms with van der Waals surface area (Å²) in [5, 5.41) is 18.1. The van der Waals surface area contributed by atoms with E-state index in [9.17, 15) is 9.90 Å². The molecule has 0 aliphatic rings. The zero-order chi connectivity index (χ0) is 11.3. The molecule has 0 spiro atoms. The molecule has 78 valence electrons. The fourth-order valence-corrected chi connectivity index (χ4v) is 1.07. The zero-order valence-electron chi connectivity index (χ0n) is 7.83. The molecule has 0 saturated heterocycles. The quantitative estimate of drug-likeness (QED) is 0.597. The van der Waals surface area contributed by atoms with Crippen LogP contribution in [0.15, 0.2) is 18.2 Å². The topological polar surface area (TPSA) is 57.5 Å². The van der Waals surface area contributed by atoms with E-state index >= 15 is 0 Å². The van der Waals surface area contributed by atoms with E-state index in [-0.39, 0.29) is 11.3 Å². The number of aromatic carboxylic acids is 1. The molecule has 0 radical (unpaired) electrons. The highest BCUT2D eigenvalue weighted by Gasteiger charge is 2.05. The Labute approximate surface area is 92.3 Å². The molecule has 3 nitrogen and oxygen atoms in total. The number of carboxylic acid groups (broad SMARTS) is 1. The van der Waals surface area contributed by atoms with Crippen LogP contribution < -0.4 is 0 Å². The molecule has 0 heterocycles. The second kappa shape index (κ2) is 5.28. The Kier molecular flexibility index (Phi) is 4.02. The van der Waals surface area contributed by atoms with Crippen LogP contribution in [0.5, 0.6) is 5.75 Å². The molecule has 4 heteroatoms. The molecule has 1 aromatic rings. The van der Waals surface area contributed by atoms with Gasteiger partial charge >= 0.3 is 5.97 Å². The summed E-state index contributed by atoms with van der Waals surface area (Å²) in [6, 6.07) is 3.97.